The molecule has 0 aromatic heterocycles. The first-order valence-electron chi connectivity index (χ1n) is 14.4. The van der Waals surface area contributed by atoms with Gasteiger partial charge >= 0.3 is 0 Å². The summed E-state index contributed by atoms with van der Waals surface area (Å²) in [6.07, 6.45) is 22.0. The van der Waals surface area contributed by atoms with Crippen molar-refractivity contribution < 1.29 is 31.5 Å². The number of hydrogen-bond acceptors (Lipinski definition) is 6. The molecule has 1 amide bonds. The Bertz CT molecular complexity index is 585. The lowest BCUT2D eigenvalue weighted by atomic mass is 10.0. The van der Waals surface area contributed by atoms with Gasteiger partial charge in [0.25, 0.3) is 0 Å². The van der Waals surface area contributed by atoms with Crippen LogP contribution < -0.4 is 5.32 Å². The van der Waals surface area contributed by atoms with Gasteiger partial charge in [0.15, 0.2) is 0 Å². The Hall–Kier alpha value is -0.740. The molecule has 0 aliphatic carbocycles. The zero-order valence-electron chi connectivity index (χ0n) is 23.9. The monoisotopic (exact) mass is 538 g/mol. The molecule has 2 N–H and O–H groups in total. The average molecular weight is 539 g/mol. The maximum absolute atomic E-state index is 11.9. The standard InChI is InChI=1S/C25H52N2O2.C2H6O4S/c1-4-5-6-7-8-9-10-11-12-13-14-15-16-17-18-20-25(29)26-21-19-22-27(2,3)23-24-28;1-2-6-7(3,4)5/h28H,4-24H2,1-3H3;2H2,1H3,(H,3,4,5). The second-order valence-corrected chi connectivity index (χ2v) is 11.4. The Morgan fingerprint density at radius 3 is 1.58 bits per heavy atom. The van der Waals surface area contributed by atoms with E-state index in [4.69, 9.17) is 5.11 Å². The molecule has 0 unspecified atom stereocenters. The second kappa shape index (κ2) is 25.9. The molecule has 0 aromatic rings. The number of aliphatic hydroxyl groups excluding tert-OH is 1. The van der Waals surface area contributed by atoms with Crippen molar-refractivity contribution in [3.05, 3.63) is 0 Å². The van der Waals surface area contributed by atoms with Crippen molar-refractivity contribution in [2.75, 3.05) is 46.9 Å². The van der Waals surface area contributed by atoms with Gasteiger partial charge in [-0.2, -0.15) is 0 Å². The Morgan fingerprint density at radius 2 is 1.22 bits per heavy atom. The molecule has 0 atom stereocenters. The summed E-state index contributed by atoms with van der Waals surface area (Å²) in [5.41, 5.74) is 0. The highest BCUT2D eigenvalue weighted by atomic mass is 32.3. The number of unbranched alkanes of at least 4 members (excludes halogenated alkanes) is 14. The first kappa shape index (κ1) is 37.4. The highest BCUT2D eigenvalue weighted by molar-refractivity contribution is 7.80. The SMILES string of the molecule is CCCCCCCCCCCCCCCCCC(=O)NCCC[N+](C)(C)CCO.CCOS(=O)(=O)[O-]. The van der Waals surface area contributed by atoms with Crippen LogP contribution in [0.2, 0.25) is 0 Å². The lowest BCUT2D eigenvalue weighted by Crippen LogP contribution is -2.43. The highest BCUT2D eigenvalue weighted by Gasteiger charge is 2.13. The lowest BCUT2D eigenvalue weighted by molar-refractivity contribution is -0.890. The fraction of sp³-hybridized carbons (Fsp3) is 0.963. The minimum atomic E-state index is -4.42. The number of nitrogens with zero attached hydrogens (tertiary/aromatic N) is 1. The number of hydrogen-bond donors (Lipinski definition) is 2. The van der Waals surface area contributed by atoms with Crippen LogP contribution in [0.15, 0.2) is 0 Å². The van der Waals surface area contributed by atoms with Gasteiger partial charge in [-0.05, 0) is 13.3 Å². The molecule has 0 saturated carbocycles. The van der Waals surface area contributed by atoms with E-state index in [1.807, 2.05) is 0 Å². The maximum Gasteiger partial charge on any atom is 0.219 e. The van der Waals surface area contributed by atoms with Crippen molar-refractivity contribution >= 4 is 16.3 Å². The van der Waals surface area contributed by atoms with Crippen LogP contribution in [0.1, 0.15) is 123 Å². The van der Waals surface area contributed by atoms with E-state index in [1.54, 1.807) is 0 Å². The van der Waals surface area contributed by atoms with Gasteiger partial charge in [0.05, 0.1) is 33.9 Å². The maximum atomic E-state index is 11.9. The second-order valence-electron chi connectivity index (χ2n) is 10.3. The minimum Gasteiger partial charge on any atom is -0.726 e. The lowest BCUT2D eigenvalue weighted by Gasteiger charge is -2.28. The molecular formula is C27H58N2O6S. The van der Waals surface area contributed by atoms with E-state index in [2.05, 4.69) is 30.5 Å². The van der Waals surface area contributed by atoms with Crippen molar-refractivity contribution in [1.29, 1.82) is 0 Å². The van der Waals surface area contributed by atoms with Crippen molar-refractivity contribution in [3.8, 4) is 0 Å². The number of amides is 1. The molecule has 0 bridgehead atoms. The summed E-state index contributed by atoms with van der Waals surface area (Å²) < 4.78 is 32.8. The van der Waals surface area contributed by atoms with Crippen molar-refractivity contribution in [2.24, 2.45) is 0 Å². The quantitative estimate of drug-likeness (QED) is 0.0745. The third-order valence-electron chi connectivity index (χ3n) is 6.24. The highest BCUT2D eigenvalue weighted by Crippen LogP contribution is 2.13. The summed E-state index contributed by atoms with van der Waals surface area (Å²) in [5, 5.41) is 12.1. The zero-order chi connectivity index (χ0) is 27.5. The fourth-order valence-electron chi connectivity index (χ4n) is 4.01. The van der Waals surface area contributed by atoms with Crippen molar-refractivity contribution in [2.45, 2.75) is 123 Å². The molecule has 0 spiro atoms. The summed E-state index contributed by atoms with van der Waals surface area (Å²) in [4.78, 5) is 11.9. The van der Waals surface area contributed by atoms with E-state index < -0.39 is 10.4 Å². The van der Waals surface area contributed by atoms with Gasteiger partial charge in [-0.3, -0.25) is 8.98 Å². The van der Waals surface area contributed by atoms with E-state index in [1.165, 1.54) is 96.8 Å². The number of likely N-dealkylation sites (N-methyl/N-ethyl adjacent to an activating group) is 1. The predicted octanol–water partition coefficient (Wildman–Crippen LogP) is 5.31. The van der Waals surface area contributed by atoms with Gasteiger partial charge in [0, 0.05) is 19.4 Å². The molecular weight excluding hydrogens is 480 g/mol. The van der Waals surface area contributed by atoms with Gasteiger partial charge in [0.2, 0.25) is 16.3 Å². The van der Waals surface area contributed by atoms with Crippen LogP contribution in [-0.2, 0) is 19.4 Å². The van der Waals surface area contributed by atoms with E-state index >= 15 is 0 Å². The molecule has 0 saturated heterocycles. The Labute approximate surface area is 223 Å². The summed E-state index contributed by atoms with van der Waals surface area (Å²) in [6, 6.07) is 0. The van der Waals surface area contributed by atoms with E-state index in [0.717, 1.165) is 37.0 Å². The molecule has 8 nitrogen and oxygen atoms in total. The van der Waals surface area contributed by atoms with Crippen LogP contribution >= 0.6 is 0 Å². The summed E-state index contributed by atoms with van der Waals surface area (Å²) in [5.74, 6) is 0.201. The van der Waals surface area contributed by atoms with Crippen molar-refractivity contribution in [1.82, 2.24) is 5.32 Å². The molecule has 0 aliphatic rings. The summed E-state index contributed by atoms with van der Waals surface area (Å²) >= 11 is 0. The summed E-state index contributed by atoms with van der Waals surface area (Å²) in [6.45, 7) is 6.35. The van der Waals surface area contributed by atoms with Gasteiger partial charge in [-0.15, -0.1) is 0 Å². The number of nitrogens with one attached hydrogen (secondary N) is 1. The number of rotatable bonds is 24. The largest absolute Gasteiger partial charge is 0.726 e. The number of carbonyl (C=O) groups excluding carboxylic acids is 1. The number of carbonyl (C=O) groups is 1. The van der Waals surface area contributed by atoms with Gasteiger partial charge in [-0.25, -0.2) is 8.42 Å². The van der Waals surface area contributed by atoms with Crippen LogP contribution in [0.25, 0.3) is 0 Å². The normalized spacial score (nSPS) is 11.7. The first-order valence-corrected chi connectivity index (χ1v) is 15.7. The van der Waals surface area contributed by atoms with E-state index in [0.29, 0.717) is 6.42 Å². The van der Waals surface area contributed by atoms with E-state index in [-0.39, 0.29) is 19.1 Å². The molecule has 36 heavy (non-hydrogen) atoms. The van der Waals surface area contributed by atoms with Crippen LogP contribution in [0, 0.1) is 0 Å². The molecule has 0 heterocycles. The average Bonchev–Trinajstić information content (AvgIpc) is 2.79. The Balaban J connectivity index is 0. The minimum absolute atomic E-state index is 0.0914. The molecule has 218 valence electrons. The van der Waals surface area contributed by atoms with Gasteiger partial charge < -0.3 is 19.5 Å². The van der Waals surface area contributed by atoms with Gasteiger partial charge in [-0.1, -0.05) is 96.8 Å². The molecule has 0 aromatic carbocycles. The molecule has 0 rings (SSSR count). The molecule has 0 aliphatic heterocycles. The number of aliphatic hydroxyl groups is 1. The smallest absolute Gasteiger partial charge is 0.219 e. The first-order chi connectivity index (χ1) is 17.1. The Morgan fingerprint density at radius 1 is 0.778 bits per heavy atom. The fourth-order valence-corrected chi connectivity index (χ4v) is 4.30. The molecule has 0 fully saturated rings. The third kappa shape index (κ3) is 33.3. The number of quaternary nitrogens is 1. The predicted molar refractivity (Wildman–Crippen MR) is 147 cm³/mol. The van der Waals surface area contributed by atoms with Crippen LogP contribution in [0.4, 0.5) is 0 Å². The topological polar surface area (TPSA) is 116 Å². The summed E-state index contributed by atoms with van der Waals surface area (Å²) in [7, 11) is -0.187. The van der Waals surface area contributed by atoms with Crippen LogP contribution in [0.5, 0.6) is 0 Å². The third-order valence-corrected chi connectivity index (χ3v) is 6.76. The van der Waals surface area contributed by atoms with E-state index in [9.17, 15) is 17.8 Å². The Kier molecular flexibility index (Phi) is 26.9. The van der Waals surface area contributed by atoms with Crippen LogP contribution in [-0.4, -0.2) is 75.4 Å². The van der Waals surface area contributed by atoms with Gasteiger partial charge in [0.1, 0.15) is 6.54 Å². The molecule has 0 radical (unpaired) electrons. The molecule has 9 heteroatoms. The van der Waals surface area contributed by atoms with Crippen LogP contribution in [0.3, 0.4) is 0 Å². The van der Waals surface area contributed by atoms with Crippen molar-refractivity contribution in [3.63, 3.8) is 0 Å². The zero-order valence-corrected chi connectivity index (χ0v) is 24.7.